The van der Waals surface area contributed by atoms with E-state index in [2.05, 4.69) is 10.9 Å². The van der Waals surface area contributed by atoms with E-state index in [1.165, 1.54) is 0 Å². The quantitative estimate of drug-likeness (QED) is 0.538. The van der Waals surface area contributed by atoms with Crippen molar-refractivity contribution in [2.45, 2.75) is 26.9 Å². The second kappa shape index (κ2) is 10.3. The van der Waals surface area contributed by atoms with Crippen LogP contribution in [-0.2, 0) is 9.53 Å². The van der Waals surface area contributed by atoms with Crippen LogP contribution >= 0.6 is 0 Å². The molecule has 0 aromatic heterocycles. The van der Waals surface area contributed by atoms with Crippen LogP contribution in [0.15, 0.2) is 42.5 Å². The van der Waals surface area contributed by atoms with Crippen molar-refractivity contribution in [3.05, 3.63) is 59.2 Å². The van der Waals surface area contributed by atoms with E-state index in [-0.39, 0.29) is 0 Å². The molecule has 7 nitrogen and oxygen atoms in total. The summed E-state index contributed by atoms with van der Waals surface area (Å²) >= 11 is 0. The summed E-state index contributed by atoms with van der Waals surface area (Å²) in [6, 6.07) is 12.2. The molecule has 0 aliphatic carbocycles. The number of hydrogen-bond donors (Lipinski definition) is 2. The molecule has 0 radical (unpaired) electrons. The minimum absolute atomic E-state index is 0.391. The van der Waals surface area contributed by atoms with Crippen LogP contribution in [0.2, 0.25) is 0 Å². The first-order valence-corrected chi connectivity index (χ1v) is 8.96. The SMILES string of the molecule is COCCOc1ccc(C(=O)NNC(=O)C(C)Oc2ccc(C)c(C)c2)cc1. The molecule has 0 saturated heterocycles. The lowest BCUT2D eigenvalue weighted by Gasteiger charge is -2.16. The lowest BCUT2D eigenvalue weighted by molar-refractivity contribution is -0.128. The zero-order valence-electron chi connectivity index (χ0n) is 16.6. The predicted molar refractivity (Wildman–Crippen MR) is 105 cm³/mol. The number of carbonyl (C=O) groups excluding carboxylic acids is 2. The van der Waals surface area contributed by atoms with Crippen LogP contribution in [0.3, 0.4) is 0 Å². The first kappa shape index (κ1) is 21.2. The third-order valence-electron chi connectivity index (χ3n) is 4.13. The minimum atomic E-state index is -0.765. The lowest BCUT2D eigenvalue weighted by Crippen LogP contribution is -2.47. The van der Waals surface area contributed by atoms with Crippen molar-refractivity contribution in [2.75, 3.05) is 20.3 Å². The van der Waals surface area contributed by atoms with Gasteiger partial charge in [0.25, 0.3) is 11.8 Å². The number of aryl methyl sites for hydroxylation is 2. The van der Waals surface area contributed by atoms with Gasteiger partial charge >= 0.3 is 0 Å². The number of ether oxygens (including phenoxy) is 3. The fraction of sp³-hybridized carbons (Fsp3) is 0.333. The molecule has 0 fully saturated rings. The van der Waals surface area contributed by atoms with Gasteiger partial charge in [0.05, 0.1) is 6.61 Å². The number of hydrazine groups is 1. The van der Waals surface area contributed by atoms with E-state index in [0.717, 1.165) is 11.1 Å². The molecule has 0 bridgehead atoms. The normalized spacial score (nSPS) is 11.4. The molecule has 28 heavy (non-hydrogen) atoms. The first-order valence-electron chi connectivity index (χ1n) is 8.96. The monoisotopic (exact) mass is 386 g/mol. The highest BCUT2D eigenvalue weighted by Crippen LogP contribution is 2.17. The topological polar surface area (TPSA) is 85.9 Å². The third kappa shape index (κ3) is 6.28. The number of amides is 2. The highest BCUT2D eigenvalue weighted by Gasteiger charge is 2.16. The molecule has 0 spiro atoms. The molecule has 2 aromatic carbocycles. The Labute approximate surface area is 165 Å². The number of methoxy groups -OCH3 is 1. The van der Waals surface area contributed by atoms with Gasteiger partial charge in [-0.3, -0.25) is 20.4 Å². The molecular weight excluding hydrogens is 360 g/mol. The molecule has 2 rings (SSSR count). The van der Waals surface area contributed by atoms with E-state index in [0.29, 0.717) is 30.3 Å². The molecule has 2 aromatic rings. The average molecular weight is 386 g/mol. The molecule has 2 N–H and O–H groups in total. The summed E-state index contributed by atoms with van der Waals surface area (Å²) in [7, 11) is 1.60. The summed E-state index contributed by atoms with van der Waals surface area (Å²) < 4.78 is 16.0. The van der Waals surface area contributed by atoms with Gasteiger partial charge in [-0.1, -0.05) is 6.07 Å². The largest absolute Gasteiger partial charge is 0.491 e. The lowest BCUT2D eigenvalue weighted by atomic mass is 10.1. The second-order valence-corrected chi connectivity index (χ2v) is 6.32. The number of benzene rings is 2. The zero-order valence-corrected chi connectivity index (χ0v) is 16.6. The summed E-state index contributed by atoms with van der Waals surface area (Å²) in [4.78, 5) is 24.3. The van der Waals surface area contributed by atoms with Gasteiger partial charge in [-0.25, -0.2) is 0 Å². The maximum absolute atomic E-state index is 12.2. The predicted octanol–water partition coefficient (Wildman–Crippen LogP) is 2.56. The number of carbonyl (C=O) groups is 2. The van der Waals surface area contributed by atoms with Gasteiger partial charge in [-0.2, -0.15) is 0 Å². The standard InChI is InChI=1S/C21H26N2O5/c1-14-5-8-19(13-15(14)2)28-16(3)20(24)22-23-21(25)17-6-9-18(10-7-17)27-12-11-26-4/h5-10,13,16H,11-12H2,1-4H3,(H,22,24)(H,23,25). The van der Waals surface area contributed by atoms with Crippen molar-refractivity contribution >= 4 is 11.8 Å². The summed E-state index contributed by atoms with van der Waals surface area (Å²) in [5, 5.41) is 0. The molecular formula is C21H26N2O5. The minimum Gasteiger partial charge on any atom is -0.491 e. The van der Waals surface area contributed by atoms with E-state index in [1.807, 2.05) is 26.0 Å². The Morgan fingerprint density at radius 1 is 0.929 bits per heavy atom. The Balaban J connectivity index is 1.82. The van der Waals surface area contributed by atoms with E-state index in [1.54, 1.807) is 44.4 Å². The van der Waals surface area contributed by atoms with Crippen LogP contribution in [0.1, 0.15) is 28.4 Å². The van der Waals surface area contributed by atoms with Crippen LogP contribution in [0.5, 0.6) is 11.5 Å². The van der Waals surface area contributed by atoms with E-state index < -0.39 is 17.9 Å². The van der Waals surface area contributed by atoms with Crippen molar-refractivity contribution in [3.8, 4) is 11.5 Å². The smallest absolute Gasteiger partial charge is 0.279 e. The van der Waals surface area contributed by atoms with Crippen LogP contribution in [0.4, 0.5) is 0 Å². The first-order chi connectivity index (χ1) is 13.4. The maximum atomic E-state index is 12.2. The van der Waals surface area contributed by atoms with E-state index >= 15 is 0 Å². The van der Waals surface area contributed by atoms with Crippen LogP contribution in [0.25, 0.3) is 0 Å². The Morgan fingerprint density at radius 2 is 1.61 bits per heavy atom. The van der Waals surface area contributed by atoms with E-state index in [4.69, 9.17) is 14.2 Å². The van der Waals surface area contributed by atoms with Gasteiger partial charge < -0.3 is 14.2 Å². The molecule has 0 aliphatic rings. The van der Waals surface area contributed by atoms with Gasteiger partial charge in [-0.05, 0) is 68.3 Å². The summed E-state index contributed by atoms with van der Waals surface area (Å²) in [5.74, 6) is 0.343. The molecule has 7 heteroatoms. The second-order valence-electron chi connectivity index (χ2n) is 6.32. The highest BCUT2D eigenvalue weighted by atomic mass is 16.5. The number of hydrogen-bond acceptors (Lipinski definition) is 5. The number of nitrogens with one attached hydrogen (secondary N) is 2. The molecule has 1 unspecified atom stereocenters. The van der Waals surface area contributed by atoms with Crippen LogP contribution < -0.4 is 20.3 Å². The fourth-order valence-corrected chi connectivity index (χ4v) is 2.28. The van der Waals surface area contributed by atoms with Crippen molar-refractivity contribution in [2.24, 2.45) is 0 Å². The van der Waals surface area contributed by atoms with Crippen LogP contribution in [0, 0.1) is 13.8 Å². The molecule has 150 valence electrons. The van der Waals surface area contributed by atoms with Gasteiger partial charge in [0, 0.05) is 12.7 Å². The zero-order chi connectivity index (χ0) is 20.5. The molecule has 2 amide bonds. The molecule has 0 saturated carbocycles. The summed E-state index contributed by atoms with van der Waals surface area (Å²) in [5.41, 5.74) is 7.36. The average Bonchev–Trinajstić information content (AvgIpc) is 2.69. The molecule has 0 heterocycles. The van der Waals surface area contributed by atoms with Gasteiger partial charge in [0.15, 0.2) is 6.10 Å². The van der Waals surface area contributed by atoms with Crippen molar-refractivity contribution in [1.82, 2.24) is 10.9 Å². The fourth-order valence-electron chi connectivity index (χ4n) is 2.28. The maximum Gasteiger partial charge on any atom is 0.279 e. The molecule has 0 aliphatic heterocycles. The van der Waals surface area contributed by atoms with Gasteiger partial charge in [0.2, 0.25) is 0 Å². The Hall–Kier alpha value is -3.06. The van der Waals surface area contributed by atoms with Crippen molar-refractivity contribution < 1.29 is 23.8 Å². The van der Waals surface area contributed by atoms with Crippen LogP contribution in [-0.4, -0.2) is 38.2 Å². The Bertz CT molecular complexity index is 805. The highest BCUT2D eigenvalue weighted by molar-refractivity contribution is 5.95. The summed E-state index contributed by atoms with van der Waals surface area (Å²) in [6.07, 6.45) is -0.765. The van der Waals surface area contributed by atoms with Crippen molar-refractivity contribution in [1.29, 1.82) is 0 Å². The van der Waals surface area contributed by atoms with Crippen molar-refractivity contribution in [3.63, 3.8) is 0 Å². The Morgan fingerprint density at radius 3 is 2.25 bits per heavy atom. The third-order valence-corrected chi connectivity index (χ3v) is 4.13. The Kier molecular flexibility index (Phi) is 7.83. The number of rotatable bonds is 8. The van der Waals surface area contributed by atoms with E-state index in [9.17, 15) is 9.59 Å². The summed E-state index contributed by atoms with van der Waals surface area (Å²) in [6.45, 7) is 6.50. The molecule has 1 atom stereocenters. The van der Waals surface area contributed by atoms with Gasteiger partial charge in [0.1, 0.15) is 18.1 Å². The van der Waals surface area contributed by atoms with Gasteiger partial charge in [-0.15, -0.1) is 0 Å².